The van der Waals surface area contributed by atoms with Crippen LogP contribution in [-0.2, 0) is 27.5 Å². The summed E-state index contributed by atoms with van der Waals surface area (Å²) in [4.78, 5) is 24.1. The minimum Gasteiger partial charge on any atom is -0.349 e. The first kappa shape index (κ1) is 26.4. The minimum absolute atomic E-state index is 0.0165. The summed E-state index contributed by atoms with van der Waals surface area (Å²) >= 11 is 0. The van der Waals surface area contributed by atoms with Crippen molar-refractivity contribution in [3.8, 4) is 0 Å². The molecule has 2 amide bonds. The highest BCUT2D eigenvalue weighted by Gasteiger charge is 2.30. The highest BCUT2D eigenvalue weighted by Crippen LogP contribution is 2.29. The van der Waals surface area contributed by atoms with Crippen LogP contribution in [0.25, 0.3) is 0 Å². The Balaban J connectivity index is 1.64. The molecule has 35 heavy (non-hydrogen) atoms. The summed E-state index contributed by atoms with van der Waals surface area (Å²) in [5.74, 6) is -0.850. The SMILES string of the molecule is C=CC(=O)NC1CCCCN(S(=O)(=O)c2ccc(C(=O)NCc3ccc(C(F)(F)F)cc3)cc2)C1. The lowest BCUT2D eigenvalue weighted by Gasteiger charge is -2.24. The zero-order valence-corrected chi connectivity index (χ0v) is 19.7. The third-order valence-corrected chi connectivity index (χ3v) is 7.53. The highest BCUT2D eigenvalue weighted by molar-refractivity contribution is 7.89. The number of amides is 2. The number of carbonyl (C=O) groups excluding carboxylic acids is 2. The van der Waals surface area contributed by atoms with Crippen LogP contribution >= 0.6 is 0 Å². The molecule has 1 aliphatic rings. The second kappa shape index (κ2) is 11.0. The van der Waals surface area contributed by atoms with Crippen LogP contribution in [0.1, 0.15) is 40.7 Å². The molecular weight excluding hydrogens is 483 g/mol. The lowest BCUT2D eigenvalue weighted by atomic mass is 10.1. The van der Waals surface area contributed by atoms with E-state index in [9.17, 15) is 31.2 Å². The number of hydrogen-bond donors (Lipinski definition) is 2. The summed E-state index contributed by atoms with van der Waals surface area (Å²) in [6, 6.07) is 9.56. The Morgan fingerprint density at radius 1 is 1.06 bits per heavy atom. The van der Waals surface area contributed by atoms with E-state index in [0.29, 0.717) is 24.9 Å². The van der Waals surface area contributed by atoms with E-state index >= 15 is 0 Å². The van der Waals surface area contributed by atoms with Crippen molar-refractivity contribution in [3.63, 3.8) is 0 Å². The van der Waals surface area contributed by atoms with Crippen molar-refractivity contribution in [2.45, 2.75) is 42.9 Å². The van der Waals surface area contributed by atoms with Crippen molar-refractivity contribution in [2.75, 3.05) is 13.1 Å². The van der Waals surface area contributed by atoms with Gasteiger partial charge in [-0.1, -0.05) is 25.1 Å². The van der Waals surface area contributed by atoms with Crippen LogP contribution in [0.15, 0.2) is 66.1 Å². The van der Waals surface area contributed by atoms with Gasteiger partial charge in [-0.2, -0.15) is 17.5 Å². The Hall–Kier alpha value is -3.18. The van der Waals surface area contributed by atoms with Crippen LogP contribution in [-0.4, -0.2) is 43.7 Å². The number of benzene rings is 2. The van der Waals surface area contributed by atoms with Gasteiger partial charge in [0, 0.05) is 31.2 Å². The lowest BCUT2D eigenvalue weighted by molar-refractivity contribution is -0.137. The quantitative estimate of drug-likeness (QED) is 0.559. The Morgan fingerprint density at radius 2 is 1.71 bits per heavy atom. The van der Waals surface area contributed by atoms with Crippen molar-refractivity contribution < 1.29 is 31.2 Å². The molecule has 0 radical (unpaired) electrons. The maximum Gasteiger partial charge on any atom is 0.416 e. The van der Waals surface area contributed by atoms with Crippen molar-refractivity contribution in [3.05, 3.63) is 77.9 Å². The standard InChI is InChI=1S/C24H26F3N3O4S/c1-2-22(31)29-20-5-3-4-14-30(16-20)35(33,34)21-12-8-18(9-13-21)23(32)28-15-17-6-10-19(11-7-17)24(25,26)27/h2,6-13,20H,1,3-5,14-16H2,(H,28,32)(H,29,31). The van der Waals surface area contributed by atoms with Crippen LogP contribution < -0.4 is 10.6 Å². The molecule has 2 aromatic rings. The van der Waals surface area contributed by atoms with Crippen molar-refractivity contribution >= 4 is 21.8 Å². The molecule has 1 atom stereocenters. The van der Waals surface area contributed by atoms with E-state index in [4.69, 9.17) is 0 Å². The Bertz CT molecular complexity index is 1160. The largest absolute Gasteiger partial charge is 0.416 e. The average molecular weight is 510 g/mol. The highest BCUT2D eigenvalue weighted by atomic mass is 32.2. The van der Waals surface area contributed by atoms with E-state index in [2.05, 4.69) is 17.2 Å². The molecule has 0 saturated carbocycles. The van der Waals surface area contributed by atoms with Gasteiger partial charge in [0.25, 0.3) is 5.91 Å². The van der Waals surface area contributed by atoms with E-state index in [1.54, 1.807) is 0 Å². The van der Waals surface area contributed by atoms with Crippen molar-refractivity contribution in [1.29, 1.82) is 0 Å². The Labute approximate surface area is 202 Å². The molecule has 3 rings (SSSR count). The molecule has 0 bridgehead atoms. The lowest BCUT2D eigenvalue weighted by Crippen LogP contribution is -2.44. The first-order valence-corrected chi connectivity index (χ1v) is 12.4. The fraction of sp³-hybridized carbons (Fsp3) is 0.333. The second-order valence-corrected chi connectivity index (χ2v) is 10.1. The third-order valence-electron chi connectivity index (χ3n) is 5.65. The van der Waals surface area contributed by atoms with Gasteiger partial charge in [-0.3, -0.25) is 9.59 Å². The summed E-state index contributed by atoms with van der Waals surface area (Å²) in [5, 5.41) is 5.36. The van der Waals surface area contributed by atoms with Gasteiger partial charge >= 0.3 is 6.18 Å². The zero-order chi connectivity index (χ0) is 25.6. The van der Waals surface area contributed by atoms with Crippen LogP contribution in [0.2, 0.25) is 0 Å². The monoisotopic (exact) mass is 509 g/mol. The predicted octanol–water partition coefficient (Wildman–Crippen LogP) is 3.48. The summed E-state index contributed by atoms with van der Waals surface area (Å²) in [5.41, 5.74) is -0.0733. The minimum atomic E-state index is -4.43. The smallest absolute Gasteiger partial charge is 0.349 e. The normalized spacial score (nSPS) is 17.3. The third kappa shape index (κ3) is 6.92. The van der Waals surface area contributed by atoms with Gasteiger partial charge in [0.15, 0.2) is 0 Å². The summed E-state index contributed by atoms with van der Waals surface area (Å²) in [6.07, 6.45) is -1.21. The number of nitrogens with zero attached hydrogens (tertiary/aromatic N) is 1. The predicted molar refractivity (Wildman–Crippen MR) is 124 cm³/mol. The second-order valence-electron chi connectivity index (χ2n) is 8.17. The molecule has 1 fully saturated rings. The molecule has 0 aliphatic carbocycles. The zero-order valence-electron chi connectivity index (χ0n) is 18.8. The molecule has 11 heteroatoms. The molecule has 188 valence electrons. The number of sulfonamides is 1. The van der Waals surface area contributed by atoms with Crippen molar-refractivity contribution in [1.82, 2.24) is 14.9 Å². The maximum absolute atomic E-state index is 13.1. The number of hydrogen-bond acceptors (Lipinski definition) is 4. The first-order chi connectivity index (χ1) is 16.5. The molecule has 2 N–H and O–H groups in total. The van der Waals surface area contributed by atoms with Gasteiger partial charge in [0.1, 0.15) is 0 Å². The van der Waals surface area contributed by atoms with Crippen molar-refractivity contribution in [2.24, 2.45) is 0 Å². The number of rotatable bonds is 7. The fourth-order valence-corrected chi connectivity index (χ4v) is 5.25. The molecule has 2 aromatic carbocycles. The Morgan fingerprint density at radius 3 is 2.31 bits per heavy atom. The molecule has 1 unspecified atom stereocenters. The van der Waals surface area contributed by atoms with E-state index < -0.39 is 27.7 Å². The Kier molecular flexibility index (Phi) is 8.34. The van der Waals surface area contributed by atoms with E-state index in [0.717, 1.165) is 24.6 Å². The van der Waals surface area contributed by atoms with E-state index in [-0.39, 0.29) is 35.5 Å². The number of carbonyl (C=O) groups is 2. The molecule has 0 aromatic heterocycles. The van der Waals surface area contributed by atoms with Gasteiger partial charge in [-0.15, -0.1) is 0 Å². The van der Waals surface area contributed by atoms with Gasteiger partial charge in [-0.05, 0) is 60.9 Å². The fourth-order valence-electron chi connectivity index (χ4n) is 3.73. The van der Waals surface area contributed by atoms with E-state index in [1.165, 1.54) is 40.7 Å². The van der Waals surface area contributed by atoms with Gasteiger partial charge in [0.2, 0.25) is 15.9 Å². The van der Waals surface area contributed by atoms with Gasteiger partial charge < -0.3 is 10.6 Å². The summed E-state index contributed by atoms with van der Waals surface area (Å²) in [6.45, 7) is 3.88. The van der Waals surface area contributed by atoms with Crippen LogP contribution in [0.5, 0.6) is 0 Å². The molecule has 7 nitrogen and oxygen atoms in total. The number of alkyl halides is 3. The molecule has 1 heterocycles. The summed E-state index contributed by atoms with van der Waals surface area (Å²) < 4.78 is 65.6. The molecule has 0 spiro atoms. The van der Waals surface area contributed by atoms with Gasteiger partial charge in [-0.25, -0.2) is 8.42 Å². The van der Waals surface area contributed by atoms with Crippen LogP contribution in [0, 0.1) is 0 Å². The van der Waals surface area contributed by atoms with Gasteiger partial charge in [0.05, 0.1) is 10.5 Å². The number of halogens is 3. The number of nitrogens with one attached hydrogen (secondary N) is 2. The van der Waals surface area contributed by atoms with Crippen LogP contribution in [0.3, 0.4) is 0 Å². The van der Waals surface area contributed by atoms with E-state index in [1.807, 2.05) is 0 Å². The molecular formula is C24H26F3N3O4S. The first-order valence-electron chi connectivity index (χ1n) is 11.0. The molecule has 1 aliphatic heterocycles. The average Bonchev–Trinajstić information content (AvgIpc) is 3.08. The molecule has 1 saturated heterocycles. The van der Waals surface area contributed by atoms with Crippen LogP contribution in [0.4, 0.5) is 13.2 Å². The maximum atomic E-state index is 13.1. The summed E-state index contributed by atoms with van der Waals surface area (Å²) in [7, 11) is -3.84. The topological polar surface area (TPSA) is 95.6 Å².